The number of nitrogens with zero attached hydrogens (tertiary/aromatic N) is 2. The van der Waals surface area contributed by atoms with Crippen LogP contribution in [0.2, 0.25) is 0 Å². The summed E-state index contributed by atoms with van der Waals surface area (Å²) in [5, 5.41) is 9.71. The molecule has 2 N–H and O–H groups in total. The fourth-order valence-electron chi connectivity index (χ4n) is 3.11. The molecule has 0 aliphatic rings. The maximum absolute atomic E-state index is 12.5. The molecule has 0 aliphatic carbocycles. The second-order valence-electron chi connectivity index (χ2n) is 8.49. The number of nitrogens with one attached hydrogen (secondary N) is 2. The van der Waals surface area contributed by atoms with Gasteiger partial charge < -0.3 is 15.2 Å². The van der Waals surface area contributed by atoms with E-state index < -0.39 is 0 Å². The van der Waals surface area contributed by atoms with E-state index in [9.17, 15) is 9.59 Å². The summed E-state index contributed by atoms with van der Waals surface area (Å²) < 4.78 is 5.31. The number of amides is 2. The highest BCUT2D eigenvalue weighted by atomic mass is 16.5. The average molecular weight is 435 g/mol. The van der Waals surface area contributed by atoms with Crippen molar-refractivity contribution in [3.05, 3.63) is 65.5 Å². The van der Waals surface area contributed by atoms with Crippen molar-refractivity contribution in [1.82, 2.24) is 15.5 Å². The highest BCUT2D eigenvalue weighted by molar-refractivity contribution is 6.03. The molecule has 0 unspecified atom stereocenters. The van der Waals surface area contributed by atoms with Crippen molar-refractivity contribution in [2.45, 2.75) is 46.5 Å². The average Bonchev–Trinajstić information content (AvgIpc) is 3.25. The Labute approximate surface area is 188 Å². The van der Waals surface area contributed by atoms with Crippen molar-refractivity contribution in [1.29, 1.82) is 0 Å². The van der Waals surface area contributed by atoms with Crippen molar-refractivity contribution < 1.29 is 14.1 Å². The predicted molar refractivity (Wildman–Crippen MR) is 124 cm³/mol. The molecule has 0 saturated heterocycles. The van der Waals surface area contributed by atoms with Crippen LogP contribution < -0.4 is 10.6 Å². The summed E-state index contributed by atoms with van der Waals surface area (Å²) in [5.41, 5.74) is 3.03. The van der Waals surface area contributed by atoms with Crippen LogP contribution in [0.1, 0.15) is 61.8 Å². The number of aromatic nitrogens is 2. The van der Waals surface area contributed by atoms with Crippen LogP contribution in [0.25, 0.3) is 11.4 Å². The third kappa shape index (κ3) is 6.26. The molecule has 0 aliphatic heterocycles. The molecular formula is C25H30N4O3. The number of hydrogen-bond acceptors (Lipinski definition) is 5. The fourth-order valence-corrected chi connectivity index (χ4v) is 3.11. The summed E-state index contributed by atoms with van der Waals surface area (Å²) in [6, 6.07) is 15.0. The highest BCUT2D eigenvalue weighted by Gasteiger charge is 2.15. The first-order valence-corrected chi connectivity index (χ1v) is 10.9. The third-order valence-corrected chi connectivity index (χ3v) is 4.99. The van der Waals surface area contributed by atoms with E-state index >= 15 is 0 Å². The number of rotatable bonds is 9. The van der Waals surface area contributed by atoms with E-state index in [1.165, 1.54) is 5.56 Å². The topological polar surface area (TPSA) is 97.1 Å². The van der Waals surface area contributed by atoms with Crippen LogP contribution in [0.3, 0.4) is 0 Å². The third-order valence-electron chi connectivity index (χ3n) is 4.99. The van der Waals surface area contributed by atoms with Crippen molar-refractivity contribution in [3.8, 4) is 11.4 Å². The lowest BCUT2D eigenvalue weighted by molar-refractivity contribution is -0.116. The molecule has 1 heterocycles. The van der Waals surface area contributed by atoms with Crippen LogP contribution in [0.4, 0.5) is 5.69 Å². The van der Waals surface area contributed by atoms with Gasteiger partial charge in [-0.05, 0) is 29.5 Å². The number of anilines is 1. The van der Waals surface area contributed by atoms with Crippen molar-refractivity contribution in [3.63, 3.8) is 0 Å². The summed E-state index contributed by atoms with van der Waals surface area (Å²) >= 11 is 0. The molecule has 0 atom stereocenters. The fraction of sp³-hybridized carbons (Fsp3) is 0.360. The number of hydrogen-bond donors (Lipinski definition) is 2. The molecule has 0 bridgehead atoms. The normalized spacial score (nSPS) is 11.1. The Morgan fingerprint density at radius 3 is 2.41 bits per heavy atom. The van der Waals surface area contributed by atoms with E-state index in [4.69, 9.17) is 4.52 Å². The van der Waals surface area contributed by atoms with E-state index in [1.54, 1.807) is 24.3 Å². The molecule has 32 heavy (non-hydrogen) atoms. The molecule has 3 aromatic rings. The zero-order valence-electron chi connectivity index (χ0n) is 19.0. The zero-order valence-corrected chi connectivity index (χ0v) is 19.0. The van der Waals surface area contributed by atoms with E-state index in [2.05, 4.69) is 46.8 Å². The molecule has 2 amide bonds. The maximum Gasteiger partial charge on any atom is 0.253 e. The highest BCUT2D eigenvalue weighted by Crippen LogP contribution is 2.21. The molecule has 2 aromatic carbocycles. The monoisotopic (exact) mass is 434 g/mol. The number of para-hydroxylation sites is 1. The summed E-state index contributed by atoms with van der Waals surface area (Å²) in [5.74, 6) is 1.26. The van der Waals surface area contributed by atoms with Gasteiger partial charge in [-0.2, -0.15) is 4.98 Å². The van der Waals surface area contributed by atoms with Crippen LogP contribution in [0.15, 0.2) is 53.1 Å². The van der Waals surface area contributed by atoms with E-state index in [1.807, 2.05) is 26.0 Å². The van der Waals surface area contributed by atoms with E-state index in [0.29, 0.717) is 47.8 Å². The largest absolute Gasteiger partial charge is 0.352 e. The van der Waals surface area contributed by atoms with Crippen LogP contribution >= 0.6 is 0 Å². The van der Waals surface area contributed by atoms with Gasteiger partial charge in [0.05, 0.1) is 11.3 Å². The Hall–Kier alpha value is -3.48. The summed E-state index contributed by atoms with van der Waals surface area (Å²) in [7, 11) is 0. The minimum absolute atomic E-state index is 0.163. The molecule has 1 aromatic heterocycles. The van der Waals surface area contributed by atoms with Crippen molar-refractivity contribution in [2.75, 3.05) is 11.9 Å². The standard InChI is InChI=1S/C25H30N4O3/c1-16(2)15-26-25(31)20-7-5-6-8-21(20)27-22(30)13-14-23-28-24(29-32-23)19-11-9-18(10-12-19)17(3)4/h5-12,16-17H,13-15H2,1-4H3,(H,26,31)(H,27,30). The van der Waals surface area contributed by atoms with Gasteiger partial charge >= 0.3 is 0 Å². The molecule has 168 valence electrons. The van der Waals surface area contributed by atoms with Gasteiger partial charge in [0, 0.05) is 24.9 Å². The molecule has 0 saturated carbocycles. The second kappa shape index (κ2) is 10.7. The zero-order chi connectivity index (χ0) is 23.1. The molecule has 7 heteroatoms. The van der Waals surface area contributed by atoms with Gasteiger partial charge in [0.2, 0.25) is 17.6 Å². The number of benzene rings is 2. The first kappa shape index (κ1) is 23.2. The predicted octanol–water partition coefficient (Wildman–Crippen LogP) is 4.82. The summed E-state index contributed by atoms with van der Waals surface area (Å²) in [4.78, 5) is 29.3. The van der Waals surface area contributed by atoms with E-state index in [-0.39, 0.29) is 18.2 Å². The molecule has 3 rings (SSSR count). The van der Waals surface area contributed by atoms with Gasteiger partial charge in [-0.3, -0.25) is 9.59 Å². The number of aryl methyl sites for hydroxylation is 1. The van der Waals surface area contributed by atoms with Crippen LogP contribution in [0.5, 0.6) is 0 Å². The smallest absolute Gasteiger partial charge is 0.253 e. The number of carbonyl (C=O) groups is 2. The molecule has 7 nitrogen and oxygen atoms in total. The van der Waals surface area contributed by atoms with Crippen molar-refractivity contribution >= 4 is 17.5 Å². The van der Waals surface area contributed by atoms with Gasteiger partial charge in [0.1, 0.15) is 0 Å². The summed E-state index contributed by atoms with van der Waals surface area (Å²) in [6.45, 7) is 8.90. The Bertz CT molecular complexity index is 1060. The minimum Gasteiger partial charge on any atom is -0.352 e. The lowest BCUT2D eigenvalue weighted by Crippen LogP contribution is -2.28. The van der Waals surface area contributed by atoms with Gasteiger partial charge in [0.25, 0.3) is 5.91 Å². The Balaban J connectivity index is 1.57. The first-order chi connectivity index (χ1) is 15.3. The van der Waals surface area contributed by atoms with Crippen LogP contribution in [-0.4, -0.2) is 28.5 Å². The quantitative estimate of drug-likeness (QED) is 0.503. The maximum atomic E-state index is 12.5. The number of carbonyl (C=O) groups excluding carboxylic acids is 2. The van der Waals surface area contributed by atoms with Gasteiger partial charge in [-0.25, -0.2) is 0 Å². The van der Waals surface area contributed by atoms with Gasteiger partial charge in [0.15, 0.2) is 0 Å². The molecule has 0 radical (unpaired) electrons. The lowest BCUT2D eigenvalue weighted by atomic mass is 10.0. The molecule has 0 fully saturated rings. The van der Waals surface area contributed by atoms with Crippen molar-refractivity contribution in [2.24, 2.45) is 5.92 Å². The Morgan fingerprint density at radius 1 is 1.00 bits per heavy atom. The van der Waals surface area contributed by atoms with Crippen LogP contribution in [0, 0.1) is 5.92 Å². The lowest BCUT2D eigenvalue weighted by Gasteiger charge is -2.12. The minimum atomic E-state index is -0.227. The Morgan fingerprint density at radius 2 is 1.72 bits per heavy atom. The second-order valence-corrected chi connectivity index (χ2v) is 8.49. The summed E-state index contributed by atoms with van der Waals surface area (Å²) in [6.07, 6.45) is 0.473. The van der Waals surface area contributed by atoms with Crippen LogP contribution in [-0.2, 0) is 11.2 Å². The molecule has 0 spiro atoms. The van der Waals surface area contributed by atoms with E-state index in [0.717, 1.165) is 5.56 Å². The van der Waals surface area contributed by atoms with Gasteiger partial charge in [-0.1, -0.05) is 69.2 Å². The van der Waals surface area contributed by atoms with Gasteiger partial charge in [-0.15, -0.1) is 0 Å². The SMILES string of the molecule is CC(C)CNC(=O)c1ccccc1NC(=O)CCc1nc(-c2ccc(C(C)C)cc2)no1. The first-order valence-electron chi connectivity index (χ1n) is 10.9. The Kier molecular flexibility index (Phi) is 7.76. The molecular weight excluding hydrogens is 404 g/mol.